The Morgan fingerprint density at radius 2 is 1.78 bits per heavy atom. The van der Waals surface area contributed by atoms with Gasteiger partial charge in [-0.2, -0.15) is 0 Å². The molecule has 2 aliphatic rings. The van der Waals surface area contributed by atoms with Crippen molar-refractivity contribution in [3.8, 4) is 0 Å². The van der Waals surface area contributed by atoms with Crippen LogP contribution in [0, 0.1) is 5.92 Å². The largest absolute Gasteiger partial charge is 0.320 e. The van der Waals surface area contributed by atoms with Gasteiger partial charge in [0, 0.05) is 5.54 Å². The van der Waals surface area contributed by atoms with Crippen LogP contribution in [0.15, 0.2) is 30.3 Å². The highest BCUT2D eigenvalue weighted by atomic mass is 15.2. The van der Waals surface area contributed by atoms with Crippen molar-refractivity contribution in [1.29, 1.82) is 0 Å². The van der Waals surface area contributed by atoms with Crippen LogP contribution in [0.3, 0.4) is 0 Å². The standard InChI is InChI=1S/C21H34N2/c1-22-15-7-10-19-11-13-21(14-12-19,23-16-5-6-17-23)18-20-8-3-2-4-9-20/h2-4,8-9,19,22H,5-7,10-18H2,1H3. The van der Waals surface area contributed by atoms with E-state index in [2.05, 4.69) is 47.6 Å². The summed E-state index contributed by atoms with van der Waals surface area (Å²) >= 11 is 0. The predicted molar refractivity (Wildman–Crippen MR) is 98.8 cm³/mol. The van der Waals surface area contributed by atoms with E-state index in [0.717, 1.165) is 5.92 Å². The first kappa shape index (κ1) is 17.0. The second-order valence-corrected chi connectivity index (χ2v) is 7.77. The number of nitrogens with one attached hydrogen (secondary N) is 1. The maximum Gasteiger partial charge on any atom is 0.0250 e. The number of benzene rings is 1. The molecule has 1 N–H and O–H groups in total. The minimum absolute atomic E-state index is 0.456. The van der Waals surface area contributed by atoms with E-state index in [4.69, 9.17) is 0 Å². The Labute approximate surface area is 142 Å². The third-order valence-corrected chi connectivity index (χ3v) is 6.23. The number of nitrogens with zero attached hydrogens (tertiary/aromatic N) is 1. The molecule has 0 aromatic heterocycles. The van der Waals surface area contributed by atoms with E-state index in [1.165, 1.54) is 83.0 Å². The molecule has 1 aliphatic heterocycles. The zero-order chi connectivity index (χ0) is 16.0. The Kier molecular flexibility index (Phi) is 6.13. The molecule has 0 radical (unpaired) electrons. The topological polar surface area (TPSA) is 15.3 Å². The smallest absolute Gasteiger partial charge is 0.0250 e. The van der Waals surface area contributed by atoms with Gasteiger partial charge < -0.3 is 5.32 Å². The van der Waals surface area contributed by atoms with Crippen molar-refractivity contribution in [3.05, 3.63) is 35.9 Å². The normalized spacial score (nSPS) is 29.0. The Morgan fingerprint density at radius 3 is 2.43 bits per heavy atom. The van der Waals surface area contributed by atoms with Crippen molar-refractivity contribution in [2.45, 2.75) is 63.3 Å². The Bertz CT molecular complexity index is 442. The van der Waals surface area contributed by atoms with Crippen LogP contribution < -0.4 is 5.32 Å². The zero-order valence-electron chi connectivity index (χ0n) is 14.9. The predicted octanol–water partition coefficient (Wildman–Crippen LogP) is 4.25. The summed E-state index contributed by atoms with van der Waals surface area (Å²) in [6, 6.07) is 11.2. The summed E-state index contributed by atoms with van der Waals surface area (Å²) in [5, 5.41) is 3.29. The van der Waals surface area contributed by atoms with Crippen LogP contribution in [0.1, 0.15) is 56.9 Å². The van der Waals surface area contributed by atoms with Gasteiger partial charge in [-0.15, -0.1) is 0 Å². The highest BCUT2D eigenvalue weighted by Gasteiger charge is 2.40. The average Bonchev–Trinajstić information content (AvgIpc) is 3.13. The molecule has 1 heterocycles. The summed E-state index contributed by atoms with van der Waals surface area (Å²) in [6.45, 7) is 3.84. The summed E-state index contributed by atoms with van der Waals surface area (Å²) in [5.74, 6) is 0.967. The lowest BCUT2D eigenvalue weighted by Gasteiger charge is -2.47. The molecule has 0 amide bonds. The van der Waals surface area contributed by atoms with E-state index in [0.29, 0.717) is 5.54 Å². The third-order valence-electron chi connectivity index (χ3n) is 6.23. The first-order chi connectivity index (χ1) is 11.3. The van der Waals surface area contributed by atoms with Crippen molar-refractivity contribution in [2.24, 2.45) is 5.92 Å². The second kappa shape index (κ2) is 8.30. The molecule has 1 saturated carbocycles. The van der Waals surface area contributed by atoms with E-state index in [1.54, 1.807) is 0 Å². The van der Waals surface area contributed by atoms with E-state index in [9.17, 15) is 0 Å². The molecule has 1 aliphatic carbocycles. The number of hydrogen-bond donors (Lipinski definition) is 1. The van der Waals surface area contributed by atoms with Crippen LogP contribution in [0.2, 0.25) is 0 Å². The van der Waals surface area contributed by atoms with Crippen LogP contribution in [0.25, 0.3) is 0 Å². The molecule has 2 fully saturated rings. The second-order valence-electron chi connectivity index (χ2n) is 7.77. The summed E-state index contributed by atoms with van der Waals surface area (Å²) < 4.78 is 0. The minimum atomic E-state index is 0.456. The molecule has 23 heavy (non-hydrogen) atoms. The number of likely N-dealkylation sites (tertiary alicyclic amines) is 1. The third kappa shape index (κ3) is 4.36. The average molecular weight is 315 g/mol. The maximum atomic E-state index is 3.29. The first-order valence-electron chi connectivity index (χ1n) is 9.76. The summed E-state index contributed by atoms with van der Waals surface area (Å²) in [4.78, 5) is 2.85. The molecule has 1 saturated heterocycles. The van der Waals surface area contributed by atoms with Crippen molar-refractivity contribution in [3.63, 3.8) is 0 Å². The highest BCUT2D eigenvalue weighted by molar-refractivity contribution is 5.19. The highest BCUT2D eigenvalue weighted by Crippen LogP contribution is 2.41. The van der Waals surface area contributed by atoms with Gasteiger partial charge in [-0.25, -0.2) is 0 Å². The van der Waals surface area contributed by atoms with Gasteiger partial charge in [0.2, 0.25) is 0 Å². The fourth-order valence-electron chi connectivity index (χ4n) is 4.84. The van der Waals surface area contributed by atoms with Crippen LogP contribution >= 0.6 is 0 Å². The minimum Gasteiger partial charge on any atom is -0.320 e. The molecule has 1 aromatic rings. The van der Waals surface area contributed by atoms with E-state index >= 15 is 0 Å². The van der Waals surface area contributed by atoms with Crippen LogP contribution in [0.5, 0.6) is 0 Å². The van der Waals surface area contributed by atoms with E-state index in [1.807, 2.05) is 0 Å². The maximum absolute atomic E-state index is 3.29. The molecule has 0 atom stereocenters. The van der Waals surface area contributed by atoms with E-state index < -0.39 is 0 Å². The fourth-order valence-corrected chi connectivity index (χ4v) is 4.84. The van der Waals surface area contributed by atoms with Crippen molar-refractivity contribution in [2.75, 3.05) is 26.7 Å². The molecule has 1 aromatic carbocycles. The van der Waals surface area contributed by atoms with Gasteiger partial charge in [0.15, 0.2) is 0 Å². The van der Waals surface area contributed by atoms with Gasteiger partial charge in [-0.05, 0) is 96.0 Å². The number of hydrogen-bond acceptors (Lipinski definition) is 2. The fraction of sp³-hybridized carbons (Fsp3) is 0.714. The molecule has 0 spiro atoms. The lowest BCUT2D eigenvalue weighted by atomic mass is 9.71. The lowest BCUT2D eigenvalue weighted by Crippen LogP contribution is -2.51. The summed E-state index contributed by atoms with van der Waals surface area (Å²) in [7, 11) is 2.07. The molecule has 128 valence electrons. The molecule has 3 rings (SSSR count). The Balaban J connectivity index is 1.63. The van der Waals surface area contributed by atoms with Crippen molar-refractivity contribution in [1.82, 2.24) is 10.2 Å². The Hall–Kier alpha value is -0.860. The molecule has 0 bridgehead atoms. The van der Waals surface area contributed by atoms with Gasteiger partial charge in [0.1, 0.15) is 0 Å². The summed E-state index contributed by atoms with van der Waals surface area (Å²) in [6.07, 6.45) is 12.5. The molecule has 2 heteroatoms. The Morgan fingerprint density at radius 1 is 1.09 bits per heavy atom. The first-order valence-corrected chi connectivity index (χ1v) is 9.76. The molecule has 0 unspecified atom stereocenters. The van der Waals surface area contributed by atoms with Gasteiger partial charge in [-0.1, -0.05) is 30.3 Å². The molecular weight excluding hydrogens is 280 g/mol. The van der Waals surface area contributed by atoms with Crippen LogP contribution in [-0.4, -0.2) is 37.1 Å². The van der Waals surface area contributed by atoms with E-state index in [-0.39, 0.29) is 0 Å². The van der Waals surface area contributed by atoms with Crippen molar-refractivity contribution >= 4 is 0 Å². The number of rotatable bonds is 7. The summed E-state index contributed by atoms with van der Waals surface area (Å²) in [5.41, 5.74) is 1.99. The van der Waals surface area contributed by atoms with Gasteiger partial charge in [0.05, 0.1) is 0 Å². The molecular formula is C21H34N2. The van der Waals surface area contributed by atoms with Crippen LogP contribution in [0.4, 0.5) is 0 Å². The van der Waals surface area contributed by atoms with Gasteiger partial charge >= 0.3 is 0 Å². The zero-order valence-corrected chi connectivity index (χ0v) is 14.9. The monoisotopic (exact) mass is 314 g/mol. The SMILES string of the molecule is CNCCCC1CCC(Cc2ccccc2)(N2CCCC2)CC1. The lowest BCUT2D eigenvalue weighted by molar-refractivity contribution is 0.0537. The van der Waals surface area contributed by atoms with Gasteiger partial charge in [-0.3, -0.25) is 4.90 Å². The van der Waals surface area contributed by atoms with Crippen molar-refractivity contribution < 1.29 is 0 Å². The van der Waals surface area contributed by atoms with Gasteiger partial charge in [0.25, 0.3) is 0 Å². The molecule has 2 nitrogen and oxygen atoms in total. The quantitative estimate of drug-likeness (QED) is 0.757. The van der Waals surface area contributed by atoms with Crippen LogP contribution in [-0.2, 0) is 6.42 Å².